The Labute approximate surface area is 136 Å². The highest BCUT2D eigenvalue weighted by molar-refractivity contribution is 5.93. The van der Waals surface area contributed by atoms with Gasteiger partial charge in [-0.1, -0.05) is 12.1 Å². The highest BCUT2D eigenvalue weighted by Gasteiger charge is 2.17. The molecule has 0 saturated carbocycles. The minimum atomic E-state index is -0.322. The second-order valence-corrected chi connectivity index (χ2v) is 6.02. The third-order valence-electron chi connectivity index (χ3n) is 2.81. The van der Waals surface area contributed by atoms with Gasteiger partial charge in [0.1, 0.15) is 11.4 Å². The maximum absolute atomic E-state index is 12.2. The molecule has 0 bridgehead atoms. The van der Waals surface area contributed by atoms with Gasteiger partial charge in [-0.2, -0.15) is 0 Å². The van der Waals surface area contributed by atoms with Crippen molar-refractivity contribution in [1.29, 1.82) is 0 Å². The molecular formula is C17H22N4O2. The van der Waals surface area contributed by atoms with E-state index >= 15 is 0 Å². The van der Waals surface area contributed by atoms with Gasteiger partial charge in [-0.25, -0.2) is 9.97 Å². The van der Waals surface area contributed by atoms with Gasteiger partial charge in [0.2, 0.25) is 5.95 Å². The first-order valence-corrected chi connectivity index (χ1v) is 7.53. The molecule has 0 spiro atoms. The fourth-order valence-corrected chi connectivity index (χ4v) is 1.92. The number of rotatable bonds is 5. The Kier molecular flexibility index (Phi) is 5.16. The molecule has 1 aromatic carbocycles. The first-order chi connectivity index (χ1) is 10.9. The number of anilines is 2. The summed E-state index contributed by atoms with van der Waals surface area (Å²) < 4.78 is 5.56. The first kappa shape index (κ1) is 16.7. The Hall–Kier alpha value is -2.63. The van der Waals surface area contributed by atoms with E-state index in [1.54, 1.807) is 12.3 Å². The first-order valence-electron chi connectivity index (χ1n) is 7.53. The molecule has 0 radical (unpaired) electrons. The zero-order chi connectivity index (χ0) is 16.9. The van der Waals surface area contributed by atoms with Gasteiger partial charge in [-0.05, 0) is 45.9 Å². The highest BCUT2D eigenvalue weighted by Crippen LogP contribution is 2.25. The minimum Gasteiger partial charge on any atom is -0.492 e. The van der Waals surface area contributed by atoms with Gasteiger partial charge in [0, 0.05) is 11.7 Å². The summed E-state index contributed by atoms with van der Waals surface area (Å²) in [6.45, 7) is 8.25. The third kappa shape index (κ3) is 4.95. The van der Waals surface area contributed by atoms with Crippen LogP contribution in [0.3, 0.4) is 0 Å². The van der Waals surface area contributed by atoms with Gasteiger partial charge in [0.15, 0.2) is 0 Å². The van der Waals surface area contributed by atoms with Crippen LogP contribution in [-0.4, -0.2) is 28.0 Å². The van der Waals surface area contributed by atoms with E-state index in [1.165, 1.54) is 0 Å². The Morgan fingerprint density at radius 1 is 1.22 bits per heavy atom. The summed E-state index contributed by atoms with van der Waals surface area (Å²) in [5.74, 6) is 0.822. The maximum Gasteiger partial charge on any atom is 0.270 e. The van der Waals surface area contributed by atoms with Crippen molar-refractivity contribution >= 4 is 17.5 Å². The number of hydrogen-bond acceptors (Lipinski definition) is 5. The summed E-state index contributed by atoms with van der Waals surface area (Å²) in [6, 6.07) is 9.10. The van der Waals surface area contributed by atoms with Crippen LogP contribution in [0.5, 0.6) is 5.75 Å². The SMILES string of the molecule is CCOc1ccccc1Nc1nccc(C(=O)NC(C)(C)C)n1. The molecule has 0 aliphatic carbocycles. The van der Waals surface area contributed by atoms with Crippen LogP contribution in [0.2, 0.25) is 0 Å². The number of para-hydroxylation sites is 2. The van der Waals surface area contributed by atoms with Gasteiger partial charge < -0.3 is 15.4 Å². The van der Waals surface area contributed by atoms with E-state index in [2.05, 4.69) is 20.6 Å². The second-order valence-electron chi connectivity index (χ2n) is 6.02. The van der Waals surface area contributed by atoms with Crippen molar-refractivity contribution in [3.63, 3.8) is 0 Å². The Morgan fingerprint density at radius 3 is 2.65 bits per heavy atom. The van der Waals surface area contributed by atoms with Crippen LogP contribution in [0.1, 0.15) is 38.2 Å². The van der Waals surface area contributed by atoms with E-state index in [9.17, 15) is 4.79 Å². The number of benzene rings is 1. The Balaban J connectivity index is 2.19. The number of ether oxygens (including phenoxy) is 1. The summed E-state index contributed by atoms with van der Waals surface area (Å²) >= 11 is 0. The van der Waals surface area contributed by atoms with Crippen molar-refractivity contribution in [1.82, 2.24) is 15.3 Å². The van der Waals surface area contributed by atoms with Crippen molar-refractivity contribution in [3.8, 4) is 5.75 Å². The smallest absolute Gasteiger partial charge is 0.270 e. The molecule has 0 atom stereocenters. The van der Waals surface area contributed by atoms with Crippen LogP contribution in [0.15, 0.2) is 36.5 Å². The lowest BCUT2D eigenvalue weighted by Gasteiger charge is -2.20. The summed E-state index contributed by atoms with van der Waals surface area (Å²) in [5, 5.41) is 5.96. The van der Waals surface area contributed by atoms with Crippen molar-refractivity contribution < 1.29 is 9.53 Å². The number of nitrogens with one attached hydrogen (secondary N) is 2. The molecule has 0 fully saturated rings. The number of amides is 1. The normalized spacial score (nSPS) is 11.0. The number of aromatic nitrogens is 2. The van der Waals surface area contributed by atoms with E-state index in [0.717, 1.165) is 5.69 Å². The largest absolute Gasteiger partial charge is 0.492 e. The fraction of sp³-hybridized carbons (Fsp3) is 0.353. The third-order valence-corrected chi connectivity index (χ3v) is 2.81. The van der Waals surface area contributed by atoms with E-state index in [1.807, 2.05) is 52.0 Å². The topological polar surface area (TPSA) is 76.1 Å². The van der Waals surface area contributed by atoms with E-state index in [-0.39, 0.29) is 11.4 Å². The number of nitrogens with zero attached hydrogens (tertiary/aromatic N) is 2. The van der Waals surface area contributed by atoms with Crippen LogP contribution < -0.4 is 15.4 Å². The molecule has 2 rings (SSSR count). The molecule has 6 heteroatoms. The standard InChI is InChI=1S/C17H22N4O2/c1-5-23-14-9-7-6-8-12(14)19-16-18-11-10-13(20-16)15(22)21-17(2,3)4/h6-11H,5H2,1-4H3,(H,21,22)(H,18,19,20). The zero-order valence-corrected chi connectivity index (χ0v) is 13.9. The quantitative estimate of drug-likeness (QED) is 0.886. The molecule has 0 aliphatic rings. The minimum absolute atomic E-state index is 0.235. The number of carbonyl (C=O) groups is 1. The van der Waals surface area contributed by atoms with Gasteiger partial charge in [-0.15, -0.1) is 0 Å². The van der Waals surface area contributed by atoms with Gasteiger partial charge in [0.05, 0.1) is 12.3 Å². The lowest BCUT2D eigenvalue weighted by molar-refractivity contribution is 0.0914. The van der Waals surface area contributed by atoms with Crippen LogP contribution in [-0.2, 0) is 0 Å². The number of hydrogen-bond donors (Lipinski definition) is 2. The van der Waals surface area contributed by atoms with Crippen molar-refractivity contribution in [2.45, 2.75) is 33.2 Å². The number of carbonyl (C=O) groups excluding carboxylic acids is 1. The molecule has 2 aromatic rings. The van der Waals surface area contributed by atoms with Crippen LogP contribution in [0, 0.1) is 0 Å². The molecule has 6 nitrogen and oxygen atoms in total. The van der Waals surface area contributed by atoms with E-state index < -0.39 is 0 Å². The summed E-state index contributed by atoms with van der Waals surface area (Å²) in [4.78, 5) is 20.6. The van der Waals surface area contributed by atoms with Crippen molar-refractivity contribution in [2.24, 2.45) is 0 Å². The van der Waals surface area contributed by atoms with Crippen molar-refractivity contribution in [3.05, 3.63) is 42.2 Å². The molecule has 0 unspecified atom stereocenters. The maximum atomic E-state index is 12.2. The van der Waals surface area contributed by atoms with Gasteiger partial charge in [0.25, 0.3) is 5.91 Å². The van der Waals surface area contributed by atoms with E-state index in [0.29, 0.717) is 24.0 Å². The Morgan fingerprint density at radius 2 is 1.96 bits per heavy atom. The Bertz CT molecular complexity index is 680. The van der Waals surface area contributed by atoms with Gasteiger partial charge >= 0.3 is 0 Å². The molecule has 2 N–H and O–H groups in total. The van der Waals surface area contributed by atoms with Crippen LogP contribution >= 0.6 is 0 Å². The highest BCUT2D eigenvalue weighted by atomic mass is 16.5. The lowest BCUT2D eigenvalue weighted by atomic mass is 10.1. The van der Waals surface area contributed by atoms with E-state index in [4.69, 9.17) is 4.74 Å². The second kappa shape index (κ2) is 7.09. The summed E-state index contributed by atoms with van der Waals surface area (Å²) in [6.07, 6.45) is 1.55. The monoisotopic (exact) mass is 314 g/mol. The zero-order valence-electron chi connectivity index (χ0n) is 13.9. The predicted octanol–water partition coefficient (Wildman–Crippen LogP) is 3.15. The molecule has 0 saturated heterocycles. The lowest BCUT2D eigenvalue weighted by Crippen LogP contribution is -2.41. The molecule has 122 valence electrons. The average molecular weight is 314 g/mol. The fourth-order valence-electron chi connectivity index (χ4n) is 1.92. The molecule has 1 amide bonds. The van der Waals surface area contributed by atoms with Crippen LogP contribution in [0.25, 0.3) is 0 Å². The summed E-state index contributed by atoms with van der Waals surface area (Å²) in [7, 11) is 0. The molecule has 1 heterocycles. The molecule has 23 heavy (non-hydrogen) atoms. The molecule has 1 aromatic heterocycles. The van der Waals surface area contributed by atoms with Gasteiger partial charge in [-0.3, -0.25) is 4.79 Å². The predicted molar refractivity (Wildman–Crippen MR) is 90.1 cm³/mol. The molecule has 0 aliphatic heterocycles. The summed E-state index contributed by atoms with van der Waals surface area (Å²) in [5.41, 5.74) is 0.742. The van der Waals surface area contributed by atoms with Crippen LogP contribution in [0.4, 0.5) is 11.6 Å². The van der Waals surface area contributed by atoms with Crippen molar-refractivity contribution in [2.75, 3.05) is 11.9 Å². The molecular weight excluding hydrogens is 292 g/mol. The average Bonchev–Trinajstić information content (AvgIpc) is 2.48.